The average Bonchev–Trinajstić information content (AvgIpc) is 2.55. The lowest BCUT2D eigenvalue weighted by Crippen LogP contribution is -2.40. The van der Waals surface area contributed by atoms with Crippen molar-refractivity contribution in [3.8, 4) is 0 Å². The molecule has 1 heterocycles. The zero-order chi connectivity index (χ0) is 8.97. The van der Waals surface area contributed by atoms with Gasteiger partial charge in [0.05, 0.1) is 7.11 Å². The zero-order valence-electron chi connectivity index (χ0n) is 6.92. The fraction of sp³-hybridized carbons (Fsp3) is 0.714. The fourth-order valence-corrected chi connectivity index (χ4v) is 1.11. The first-order valence-corrected chi connectivity index (χ1v) is 3.83. The first-order chi connectivity index (χ1) is 5.74. The van der Waals surface area contributed by atoms with E-state index in [0.29, 0.717) is 0 Å². The Labute approximate surface area is 70.5 Å². The topological polar surface area (TPSA) is 67.4 Å². The van der Waals surface area contributed by atoms with Gasteiger partial charge in [-0.05, 0) is 13.0 Å². The molecular formula is C7H12N2O3. The summed E-state index contributed by atoms with van der Waals surface area (Å²) in [4.78, 5) is 21.6. The lowest BCUT2D eigenvalue weighted by Gasteiger charge is -2.08. The quantitative estimate of drug-likeness (QED) is 0.378. The van der Waals surface area contributed by atoms with Gasteiger partial charge in [0, 0.05) is 12.6 Å². The monoisotopic (exact) mass is 172 g/mol. The summed E-state index contributed by atoms with van der Waals surface area (Å²) in [6.45, 7) is 1.61. The normalized spacial score (nSPS) is 21.9. The van der Waals surface area contributed by atoms with Crippen LogP contribution in [0.4, 0.5) is 0 Å². The summed E-state index contributed by atoms with van der Waals surface area (Å²) in [6.07, 6.45) is 0.864. The van der Waals surface area contributed by atoms with Crippen molar-refractivity contribution in [2.75, 3.05) is 20.2 Å². The van der Waals surface area contributed by atoms with E-state index in [1.54, 1.807) is 0 Å². The highest BCUT2D eigenvalue weighted by atomic mass is 16.5. The third-order valence-corrected chi connectivity index (χ3v) is 1.77. The van der Waals surface area contributed by atoms with Gasteiger partial charge < -0.3 is 15.4 Å². The van der Waals surface area contributed by atoms with Gasteiger partial charge in [0.15, 0.2) is 0 Å². The summed E-state index contributed by atoms with van der Waals surface area (Å²) in [5, 5.41) is 5.62. The molecule has 0 aromatic heterocycles. The Morgan fingerprint density at radius 2 is 2.33 bits per heavy atom. The molecule has 68 valence electrons. The van der Waals surface area contributed by atoms with E-state index in [4.69, 9.17) is 0 Å². The molecule has 1 fully saturated rings. The minimum atomic E-state index is -0.832. The molecule has 0 aliphatic carbocycles. The van der Waals surface area contributed by atoms with Crippen molar-refractivity contribution >= 4 is 11.9 Å². The van der Waals surface area contributed by atoms with Crippen LogP contribution in [0.25, 0.3) is 0 Å². The minimum Gasteiger partial charge on any atom is -0.462 e. The predicted molar refractivity (Wildman–Crippen MR) is 41.4 cm³/mol. The number of amides is 1. The van der Waals surface area contributed by atoms with Crippen LogP contribution in [0.1, 0.15) is 6.42 Å². The second-order valence-corrected chi connectivity index (χ2v) is 2.65. The summed E-state index contributed by atoms with van der Waals surface area (Å²) in [5.41, 5.74) is 0. The van der Waals surface area contributed by atoms with Crippen LogP contribution in [0, 0.1) is 0 Å². The Morgan fingerprint density at radius 3 is 2.83 bits per heavy atom. The van der Waals surface area contributed by atoms with Gasteiger partial charge in [0.2, 0.25) is 0 Å². The van der Waals surface area contributed by atoms with Crippen LogP contribution in [0.2, 0.25) is 0 Å². The second kappa shape index (κ2) is 4.06. The number of hydrogen-bond acceptors (Lipinski definition) is 4. The minimum absolute atomic E-state index is 0.0663. The van der Waals surface area contributed by atoms with Crippen LogP contribution in [-0.4, -0.2) is 38.1 Å². The number of hydrogen-bond donors (Lipinski definition) is 2. The van der Waals surface area contributed by atoms with Gasteiger partial charge in [-0.1, -0.05) is 0 Å². The largest absolute Gasteiger partial charge is 0.462 e. The van der Waals surface area contributed by atoms with Crippen molar-refractivity contribution in [1.82, 2.24) is 10.6 Å². The first kappa shape index (κ1) is 8.99. The molecule has 1 aliphatic rings. The van der Waals surface area contributed by atoms with E-state index in [0.717, 1.165) is 19.5 Å². The van der Waals surface area contributed by atoms with Crippen molar-refractivity contribution in [3.63, 3.8) is 0 Å². The highest BCUT2D eigenvalue weighted by molar-refractivity contribution is 6.32. The van der Waals surface area contributed by atoms with Crippen LogP contribution in [0.3, 0.4) is 0 Å². The van der Waals surface area contributed by atoms with E-state index in [1.807, 2.05) is 0 Å². The van der Waals surface area contributed by atoms with Crippen LogP contribution in [-0.2, 0) is 14.3 Å². The highest BCUT2D eigenvalue weighted by Gasteiger charge is 2.21. The Kier molecular flexibility index (Phi) is 3.04. The molecule has 0 saturated carbocycles. The van der Waals surface area contributed by atoms with Crippen molar-refractivity contribution in [1.29, 1.82) is 0 Å². The number of carbonyl (C=O) groups is 2. The molecule has 12 heavy (non-hydrogen) atoms. The van der Waals surface area contributed by atoms with E-state index in [-0.39, 0.29) is 6.04 Å². The fourth-order valence-electron chi connectivity index (χ4n) is 1.11. The molecule has 1 atom stereocenters. The summed E-state index contributed by atoms with van der Waals surface area (Å²) in [5.74, 6) is -1.49. The average molecular weight is 172 g/mol. The maximum absolute atomic E-state index is 10.9. The van der Waals surface area contributed by atoms with Crippen LogP contribution >= 0.6 is 0 Å². The van der Waals surface area contributed by atoms with E-state index in [1.165, 1.54) is 7.11 Å². The molecular weight excluding hydrogens is 160 g/mol. The van der Waals surface area contributed by atoms with Crippen molar-refractivity contribution in [2.45, 2.75) is 12.5 Å². The summed E-state index contributed by atoms with van der Waals surface area (Å²) in [6, 6.07) is 0.0663. The van der Waals surface area contributed by atoms with Gasteiger partial charge >= 0.3 is 11.9 Å². The Hall–Kier alpha value is -1.10. The first-order valence-electron chi connectivity index (χ1n) is 3.83. The Balaban J connectivity index is 2.29. The molecule has 1 aliphatic heterocycles. The van der Waals surface area contributed by atoms with Crippen LogP contribution in [0.15, 0.2) is 0 Å². The lowest BCUT2D eigenvalue weighted by molar-refractivity contribution is -0.153. The number of carbonyl (C=O) groups excluding carboxylic acids is 2. The molecule has 0 aromatic carbocycles. The number of ether oxygens (including phenoxy) is 1. The van der Waals surface area contributed by atoms with Gasteiger partial charge in [-0.25, -0.2) is 4.79 Å². The third kappa shape index (κ3) is 2.20. The molecule has 1 amide bonds. The molecule has 1 rings (SSSR count). The van der Waals surface area contributed by atoms with Gasteiger partial charge in [0.25, 0.3) is 0 Å². The van der Waals surface area contributed by atoms with Crippen molar-refractivity contribution in [3.05, 3.63) is 0 Å². The highest BCUT2D eigenvalue weighted by Crippen LogP contribution is 1.96. The maximum Gasteiger partial charge on any atom is 0.396 e. The number of methoxy groups -OCH3 is 1. The molecule has 5 heteroatoms. The maximum atomic E-state index is 10.9. The van der Waals surface area contributed by atoms with E-state index in [9.17, 15) is 9.59 Å². The van der Waals surface area contributed by atoms with Crippen LogP contribution in [0.5, 0.6) is 0 Å². The van der Waals surface area contributed by atoms with Crippen molar-refractivity contribution in [2.24, 2.45) is 0 Å². The molecule has 0 spiro atoms. The molecule has 0 radical (unpaired) electrons. The van der Waals surface area contributed by atoms with Gasteiger partial charge in [-0.3, -0.25) is 4.79 Å². The summed E-state index contributed by atoms with van der Waals surface area (Å²) < 4.78 is 4.25. The smallest absolute Gasteiger partial charge is 0.396 e. The van der Waals surface area contributed by atoms with Gasteiger partial charge in [-0.2, -0.15) is 0 Å². The predicted octanol–water partition coefficient (Wildman–Crippen LogP) is -1.36. The zero-order valence-corrected chi connectivity index (χ0v) is 6.92. The van der Waals surface area contributed by atoms with E-state index in [2.05, 4.69) is 15.4 Å². The van der Waals surface area contributed by atoms with Crippen LogP contribution < -0.4 is 10.6 Å². The number of nitrogens with one attached hydrogen (secondary N) is 2. The molecule has 2 N–H and O–H groups in total. The molecule has 1 unspecified atom stereocenters. The molecule has 5 nitrogen and oxygen atoms in total. The van der Waals surface area contributed by atoms with Gasteiger partial charge in [-0.15, -0.1) is 0 Å². The Bertz CT molecular complexity index is 187. The van der Waals surface area contributed by atoms with Gasteiger partial charge in [0.1, 0.15) is 0 Å². The third-order valence-electron chi connectivity index (χ3n) is 1.77. The second-order valence-electron chi connectivity index (χ2n) is 2.65. The Morgan fingerprint density at radius 1 is 1.58 bits per heavy atom. The number of esters is 1. The van der Waals surface area contributed by atoms with Crippen molar-refractivity contribution < 1.29 is 14.3 Å². The summed E-state index contributed by atoms with van der Waals surface area (Å²) in [7, 11) is 1.19. The number of rotatable bonds is 1. The summed E-state index contributed by atoms with van der Waals surface area (Å²) >= 11 is 0. The SMILES string of the molecule is COC(=O)C(=O)NC1CCNC1. The molecule has 0 aromatic rings. The van der Waals surface area contributed by atoms with E-state index >= 15 is 0 Å². The molecule has 1 saturated heterocycles. The lowest BCUT2D eigenvalue weighted by atomic mass is 10.2. The standard InChI is InChI=1S/C7H12N2O3/c1-12-7(11)6(10)9-5-2-3-8-4-5/h5,8H,2-4H2,1H3,(H,9,10). The molecule has 0 bridgehead atoms. The van der Waals surface area contributed by atoms with E-state index < -0.39 is 11.9 Å².